The van der Waals surface area contributed by atoms with Gasteiger partial charge >= 0.3 is 0 Å². The normalized spacial score (nSPS) is 11.9. The van der Waals surface area contributed by atoms with Crippen molar-refractivity contribution in [3.05, 3.63) is 35.8 Å². The van der Waals surface area contributed by atoms with Gasteiger partial charge in [-0.1, -0.05) is 11.8 Å². The summed E-state index contributed by atoms with van der Waals surface area (Å²) in [6.07, 6.45) is 1.65. The van der Waals surface area contributed by atoms with Gasteiger partial charge in [-0.15, -0.1) is 16.4 Å². The number of carbonyl (C=O) groups excluding carboxylic acids is 1. The number of rotatable bonds is 6. The minimum atomic E-state index is -0.339. The van der Waals surface area contributed by atoms with Crippen molar-refractivity contribution < 1.29 is 9.53 Å². The Morgan fingerprint density at radius 3 is 2.83 bits per heavy atom. The summed E-state index contributed by atoms with van der Waals surface area (Å²) in [5.74, 6) is 1.29. The molecule has 0 aliphatic heterocycles. The van der Waals surface area contributed by atoms with Crippen LogP contribution in [0.3, 0.4) is 0 Å². The van der Waals surface area contributed by atoms with Gasteiger partial charge < -0.3 is 10.1 Å². The van der Waals surface area contributed by atoms with Gasteiger partial charge in [-0.05, 0) is 31.2 Å². The average molecular weight is 361 g/mol. The zero-order chi connectivity index (χ0) is 16.9. The molecule has 124 valence electrons. The van der Waals surface area contributed by atoms with Gasteiger partial charge in [0.1, 0.15) is 5.75 Å². The lowest BCUT2D eigenvalue weighted by atomic mass is 10.2. The molecule has 3 aromatic rings. The molecule has 0 bridgehead atoms. The van der Waals surface area contributed by atoms with E-state index in [9.17, 15) is 4.79 Å². The van der Waals surface area contributed by atoms with Gasteiger partial charge in [-0.3, -0.25) is 9.89 Å². The Labute approximate surface area is 146 Å². The van der Waals surface area contributed by atoms with E-state index >= 15 is 0 Å². The number of H-pyrrole nitrogens is 1. The van der Waals surface area contributed by atoms with Crippen molar-refractivity contribution in [2.75, 3.05) is 12.4 Å². The van der Waals surface area contributed by atoms with Crippen LogP contribution in [0.1, 0.15) is 6.92 Å². The van der Waals surface area contributed by atoms with E-state index in [4.69, 9.17) is 4.74 Å². The van der Waals surface area contributed by atoms with Crippen LogP contribution in [0.4, 0.5) is 5.13 Å². The van der Waals surface area contributed by atoms with Crippen LogP contribution >= 0.6 is 23.1 Å². The number of methoxy groups -OCH3 is 1. The Kier molecular flexibility index (Phi) is 5.11. The van der Waals surface area contributed by atoms with E-state index in [0.717, 1.165) is 11.3 Å². The number of ether oxygens (including phenoxy) is 1. The number of nitrogens with one attached hydrogen (secondary N) is 2. The highest BCUT2D eigenvalue weighted by molar-refractivity contribution is 8.00. The first-order valence-electron chi connectivity index (χ1n) is 7.09. The van der Waals surface area contributed by atoms with Crippen molar-refractivity contribution in [2.24, 2.45) is 0 Å². The second-order valence-electron chi connectivity index (χ2n) is 4.78. The number of hydrogen-bond acceptors (Lipinski definition) is 7. The van der Waals surface area contributed by atoms with Crippen molar-refractivity contribution in [2.45, 2.75) is 17.3 Å². The van der Waals surface area contributed by atoms with Crippen molar-refractivity contribution in [1.82, 2.24) is 20.2 Å². The molecule has 0 saturated heterocycles. The minimum Gasteiger partial charge on any atom is -0.497 e. The number of benzene rings is 1. The smallest absolute Gasteiger partial charge is 0.239 e. The first-order valence-corrected chi connectivity index (χ1v) is 8.85. The molecule has 1 amide bonds. The Hall–Kier alpha value is -2.39. The molecule has 2 heterocycles. The first-order chi connectivity index (χ1) is 11.7. The van der Waals surface area contributed by atoms with Crippen molar-refractivity contribution >= 4 is 34.1 Å². The highest BCUT2D eigenvalue weighted by Gasteiger charge is 2.18. The van der Waals surface area contributed by atoms with E-state index in [1.165, 1.54) is 23.1 Å². The summed E-state index contributed by atoms with van der Waals surface area (Å²) in [7, 11) is 1.62. The van der Waals surface area contributed by atoms with Gasteiger partial charge in [-0.2, -0.15) is 0 Å². The molecule has 0 radical (unpaired) electrons. The Morgan fingerprint density at radius 2 is 2.17 bits per heavy atom. The van der Waals surface area contributed by atoms with Gasteiger partial charge in [0.2, 0.25) is 11.1 Å². The summed E-state index contributed by atoms with van der Waals surface area (Å²) in [6, 6.07) is 7.50. The predicted molar refractivity (Wildman–Crippen MR) is 94.4 cm³/mol. The summed E-state index contributed by atoms with van der Waals surface area (Å²) >= 11 is 2.66. The molecule has 24 heavy (non-hydrogen) atoms. The van der Waals surface area contributed by atoms with Gasteiger partial charge in [-0.25, -0.2) is 9.97 Å². The lowest BCUT2D eigenvalue weighted by molar-refractivity contribution is -0.115. The molecule has 7 nitrogen and oxygen atoms in total. The zero-order valence-electron chi connectivity index (χ0n) is 13.0. The van der Waals surface area contributed by atoms with Gasteiger partial charge in [0.05, 0.1) is 12.4 Å². The molecule has 0 saturated carbocycles. The predicted octanol–water partition coefficient (Wildman–Crippen LogP) is 3.06. The maximum atomic E-state index is 12.1. The molecule has 2 aromatic heterocycles. The second kappa shape index (κ2) is 7.45. The third-order valence-electron chi connectivity index (χ3n) is 3.14. The Balaban J connectivity index is 1.63. The van der Waals surface area contributed by atoms with Crippen LogP contribution in [0.25, 0.3) is 11.4 Å². The molecular formula is C15H15N5O2S2. The van der Waals surface area contributed by atoms with Crippen LogP contribution in [-0.2, 0) is 4.79 Å². The third kappa shape index (κ3) is 3.92. The van der Waals surface area contributed by atoms with Crippen LogP contribution in [-0.4, -0.2) is 38.4 Å². The standard InChI is InChI=1S/C15H15N5O2S2/c1-9(13(21)18-14-16-7-8-23-14)24-15-17-12(19-20-15)10-3-5-11(22-2)6-4-10/h3-9H,1-2H3,(H,16,18,21)(H,17,19,20). The maximum absolute atomic E-state index is 12.1. The molecule has 3 rings (SSSR count). The highest BCUT2D eigenvalue weighted by Crippen LogP contribution is 2.25. The summed E-state index contributed by atoms with van der Waals surface area (Å²) in [5, 5.41) is 12.4. The van der Waals surface area contributed by atoms with Crippen molar-refractivity contribution in [3.8, 4) is 17.1 Å². The lowest BCUT2D eigenvalue weighted by Crippen LogP contribution is -2.22. The number of amides is 1. The molecule has 1 aromatic carbocycles. The summed E-state index contributed by atoms with van der Waals surface area (Å²) in [5.41, 5.74) is 0.898. The Morgan fingerprint density at radius 1 is 1.38 bits per heavy atom. The molecule has 9 heteroatoms. The monoisotopic (exact) mass is 361 g/mol. The van der Waals surface area contributed by atoms with Crippen LogP contribution in [0, 0.1) is 0 Å². The quantitative estimate of drug-likeness (QED) is 0.656. The molecule has 1 atom stereocenters. The van der Waals surface area contributed by atoms with E-state index in [2.05, 4.69) is 25.5 Å². The van der Waals surface area contributed by atoms with Crippen LogP contribution in [0.5, 0.6) is 5.75 Å². The van der Waals surface area contributed by atoms with E-state index in [0.29, 0.717) is 16.1 Å². The Bertz CT molecular complexity index is 802. The molecule has 0 aliphatic rings. The van der Waals surface area contributed by atoms with E-state index < -0.39 is 0 Å². The van der Waals surface area contributed by atoms with Crippen molar-refractivity contribution in [3.63, 3.8) is 0 Å². The molecule has 0 spiro atoms. The van der Waals surface area contributed by atoms with E-state index in [-0.39, 0.29) is 11.2 Å². The molecular weight excluding hydrogens is 346 g/mol. The largest absolute Gasteiger partial charge is 0.497 e. The topological polar surface area (TPSA) is 92.8 Å². The number of nitrogens with zero attached hydrogens (tertiary/aromatic N) is 3. The number of aromatic nitrogens is 4. The number of hydrogen-bond donors (Lipinski definition) is 2. The number of thioether (sulfide) groups is 1. The third-order valence-corrected chi connectivity index (χ3v) is 4.79. The van der Waals surface area contributed by atoms with Crippen molar-refractivity contribution in [1.29, 1.82) is 0 Å². The molecule has 0 aliphatic carbocycles. The molecule has 2 N–H and O–H groups in total. The maximum Gasteiger partial charge on any atom is 0.239 e. The highest BCUT2D eigenvalue weighted by atomic mass is 32.2. The van der Waals surface area contributed by atoms with Gasteiger partial charge in [0, 0.05) is 17.1 Å². The number of carbonyl (C=O) groups is 1. The van der Waals surface area contributed by atoms with E-state index in [1.807, 2.05) is 29.6 Å². The number of thiazole rings is 1. The number of aromatic amines is 1. The van der Waals surface area contributed by atoms with Gasteiger partial charge in [0.15, 0.2) is 11.0 Å². The minimum absolute atomic E-state index is 0.134. The molecule has 0 fully saturated rings. The zero-order valence-corrected chi connectivity index (χ0v) is 14.6. The van der Waals surface area contributed by atoms with Gasteiger partial charge in [0.25, 0.3) is 0 Å². The summed E-state index contributed by atoms with van der Waals surface area (Å²) in [6.45, 7) is 1.80. The fourth-order valence-corrected chi connectivity index (χ4v) is 3.14. The fourth-order valence-electron chi connectivity index (χ4n) is 1.88. The average Bonchev–Trinajstić information content (AvgIpc) is 3.27. The lowest BCUT2D eigenvalue weighted by Gasteiger charge is -2.07. The van der Waals surface area contributed by atoms with E-state index in [1.54, 1.807) is 20.2 Å². The second-order valence-corrected chi connectivity index (χ2v) is 6.98. The first kappa shape index (κ1) is 16.5. The fraction of sp³-hybridized carbons (Fsp3) is 0.200. The van der Waals surface area contributed by atoms with Crippen LogP contribution in [0.2, 0.25) is 0 Å². The SMILES string of the molecule is COc1ccc(-c2nc(SC(C)C(=O)Nc3nccs3)n[nH]2)cc1. The van der Waals surface area contributed by atoms with Crippen LogP contribution < -0.4 is 10.1 Å². The number of anilines is 1. The summed E-state index contributed by atoms with van der Waals surface area (Å²) in [4.78, 5) is 20.6. The summed E-state index contributed by atoms with van der Waals surface area (Å²) < 4.78 is 5.13. The molecule has 1 unspecified atom stereocenters. The van der Waals surface area contributed by atoms with Crippen LogP contribution in [0.15, 0.2) is 41.0 Å².